The molecule has 1 rings (SSSR count). The molecule has 2 N–H and O–H groups in total. The normalized spacial score (nSPS) is 18.4. The summed E-state index contributed by atoms with van der Waals surface area (Å²) < 4.78 is 23.4. The molecule has 1 saturated heterocycles. The number of carbonyl (C=O) groups excluding carboxylic acids is 1. The van der Waals surface area contributed by atoms with Crippen LogP contribution in [0.25, 0.3) is 0 Å². The molecule has 17 heavy (non-hydrogen) atoms. The molecule has 1 aliphatic heterocycles. The summed E-state index contributed by atoms with van der Waals surface area (Å²) in [4.78, 5) is 13.5. The topological polar surface area (TPSA) is 83.7 Å². The van der Waals surface area contributed by atoms with Crippen LogP contribution in [0.5, 0.6) is 0 Å². The Bertz CT molecular complexity index is 348. The van der Waals surface area contributed by atoms with Gasteiger partial charge in [-0.2, -0.15) is 12.7 Å². The van der Waals surface area contributed by atoms with Crippen molar-refractivity contribution in [2.75, 3.05) is 26.2 Å². The highest BCUT2D eigenvalue weighted by Gasteiger charge is 2.25. The first-order valence-corrected chi connectivity index (χ1v) is 7.51. The molecular weight excluding hydrogens is 242 g/mol. The number of rotatable bonds is 5. The summed E-state index contributed by atoms with van der Waals surface area (Å²) in [6, 6.07) is 0. The van der Waals surface area contributed by atoms with Crippen molar-refractivity contribution < 1.29 is 13.2 Å². The number of hydrogen-bond acceptors (Lipinski definition) is 3. The molecule has 0 bridgehead atoms. The third-order valence-electron chi connectivity index (χ3n) is 2.95. The van der Waals surface area contributed by atoms with Crippen molar-refractivity contribution in [3.8, 4) is 0 Å². The lowest BCUT2D eigenvalue weighted by atomic mass is 10.2. The molecule has 1 amide bonds. The maximum Gasteiger partial charge on any atom is 0.277 e. The smallest absolute Gasteiger partial charge is 0.277 e. The van der Waals surface area contributed by atoms with E-state index in [0.29, 0.717) is 32.6 Å². The molecule has 0 saturated carbocycles. The van der Waals surface area contributed by atoms with Crippen LogP contribution < -0.4 is 5.14 Å². The molecule has 0 aromatic heterocycles. The maximum absolute atomic E-state index is 11.8. The predicted octanol–water partition coefficient (Wildman–Crippen LogP) is -0.0856. The van der Waals surface area contributed by atoms with Gasteiger partial charge in [-0.3, -0.25) is 4.79 Å². The number of unbranched alkanes of at least 4 members (excludes halogenated alkanes) is 2. The van der Waals surface area contributed by atoms with E-state index in [1.807, 2.05) is 0 Å². The van der Waals surface area contributed by atoms with Crippen LogP contribution in [0, 0.1) is 0 Å². The van der Waals surface area contributed by atoms with E-state index in [9.17, 15) is 13.2 Å². The van der Waals surface area contributed by atoms with Crippen molar-refractivity contribution in [3.05, 3.63) is 0 Å². The van der Waals surface area contributed by atoms with Crippen molar-refractivity contribution in [2.45, 2.75) is 32.6 Å². The molecule has 100 valence electrons. The van der Waals surface area contributed by atoms with E-state index >= 15 is 0 Å². The molecular formula is C10H21N3O3S. The monoisotopic (exact) mass is 263 g/mol. The van der Waals surface area contributed by atoms with Crippen LogP contribution in [-0.2, 0) is 15.0 Å². The Labute approximate surface area is 103 Å². The SMILES string of the molecule is CCCCCC(=O)N1CCN(S(N)(=O)=O)CC1. The lowest BCUT2D eigenvalue weighted by Gasteiger charge is -2.33. The van der Waals surface area contributed by atoms with Crippen molar-refractivity contribution in [1.82, 2.24) is 9.21 Å². The third kappa shape index (κ3) is 4.61. The highest BCUT2D eigenvalue weighted by Crippen LogP contribution is 2.08. The minimum absolute atomic E-state index is 0.118. The molecule has 1 aliphatic rings. The average Bonchev–Trinajstić information content (AvgIpc) is 2.28. The number of piperazine rings is 1. The van der Waals surface area contributed by atoms with Gasteiger partial charge in [-0.05, 0) is 6.42 Å². The molecule has 0 unspecified atom stereocenters. The van der Waals surface area contributed by atoms with E-state index in [4.69, 9.17) is 5.14 Å². The molecule has 1 fully saturated rings. The Morgan fingerprint density at radius 2 is 1.76 bits per heavy atom. The van der Waals surface area contributed by atoms with Gasteiger partial charge in [-0.1, -0.05) is 19.8 Å². The van der Waals surface area contributed by atoms with E-state index < -0.39 is 10.2 Å². The zero-order valence-electron chi connectivity index (χ0n) is 10.3. The van der Waals surface area contributed by atoms with Crippen molar-refractivity contribution in [2.24, 2.45) is 5.14 Å². The zero-order chi connectivity index (χ0) is 12.9. The van der Waals surface area contributed by atoms with Crippen LogP contribution in [0.2, 0.25) is 0 Å². The highest BCUT2D eigenvalue weighted by molar-refractivity contribution is 7.86. The van der Waals surface area contributed by atoms with Crippen LogP contribution >= 0.6 is 0 Å². The number of amides is 1. The molecule has 6 nitrogen and oxygen atoms in total. The predicted molar refractivity (Wildman–Crippen MR) is 65.4 cm³/mol. The molecule has 0 atom stereocenters. The largest absolute Gasteiger partial charge is 0.340 e. The van der Waals surface area contributed by atoms with Crippen molar-refractivity contribution in [1.29, 1.82) is 0 Å². The van der Waals surface area contributed by atoms with Crippen LogP contribution in [-0.4, -0.2) is 49.7 Å². The van der Waals surface area contributed by atoms with Gasteiger partial charge in [-0.15, -0.1) is 0 Å². The Kier molecular flexibility index (Phi) is 5.35. The molecule has 0 aromatic rings. The zero-order valence-corrected chi connectivity index (χ0v) is 11.1. The fourth-order valence-electron chi connectivity index (χ4n) is 1.88. The summed E-state index contributed by atoms with van der Waals surface area (Å²) in [5.74, 6) is 0.118. The number of carbonyl (C=O) groups is 1. The van der Waals surface area contributed by atoms with E-state index in [0.717, 1.165) is 19.3 Å². The van der Waals surface area contributed by atoms with Crippen LogP contribution in [0.1, 0.15) is 32.6 Å². The van der Waals surface area contributed by atoms with E-state index in [1.54, 1.807) is 4.90 Å². The third-order valence-corrected chi connectivity index (χ3v) is 4.03. The molecule has 0 aliphatic carbocycles. The quantitative estimate of drug-likeness (QED) is 0.704. The minimum atomic E-state index is -3.60. The summed E-state index contributed by atoms with van der Waals surface area (Å²) >= 11 is 0. The molecule has 0 radical (unpaired) electrons. The Hall–Kier alpha value is -0.660. The van der Waals surface area contributed by atoms with Gasteiger partial charge in [0.05, 0.1) is 0 Å². The fourth-order valence-corrected chi connectivity index (χ4v) is 2.55. The number of nitrogens with two attached hydrogens (primary N) is 1. The first-order valence-electron chi connectivity index (χ1n) is 6.00. The molecule has 0 spiro atoms. The van der Waals surface area contributed by atoms with Crippen LogP contribution in [0.4, 0.5) is 0 Å². The van der Waals surface area contributed by atoms with E-state index in [2.05, 4.69) is 6.92 Å². The number of nitrogens with zero attached hydrogens (tertiary/aromatic N) is 2. The van der Waals surface area contributed by atoms with Crippen molar-refractivity contribution >= 4 is 16.1 Å². The second-order valence-electron chi connectivity index (χ2n) is 4.28. The number of hydrogen-bond donors (Lipinski definition) is 1. The second kappa shape index (κ2) is 6.32. The summed E-state index contributed by atoms with van der Waals surface area (Å²) in [7, 11) is -3.60. The molecule has 1 heterocycles. The van der Waals surface area contributed by atoms with E-state index in [1.165, 1.54) is 4.31 Å². The van der Waals surface area contributed by atoms with Crippen LogP contribution in [0.15, 0.2) is 0 Å². The molecule has 0 aromatic carbocycles. The van der Waals surface area contributed by atoms with Crippen molar-refractivity contribution in [3.63, 3.8) is 0 Å². The van der Waals surface area contributed by atoms with Gasteiger partial charge in [0.15, 0.2) is 0 Å². The van der Waals surface area contributed by atoms with Gasteiger partial charge in [0.25, 0.3) is 10.2 Å². The van der Waals surface area contributed by atoms with Gasteiger partial charge in [-0.25, -0.2) is 5.14 Å². The van der Waals surface area contributed by atoms with Gasteiger partial charge < -0.3 is 4.90 Å². The molecule has 7 heteroatoms. The second-order valence-corrected chi connectivity index (χ2v) is 5.83. The average molecular weight is 263 g/mol. The van der Waals surface area contributed by atoms with Gasteiger partial charge >= 0.3 is 0 Å². The first-order chi connectivity index (χ1) is 7.95. The van der Waals surface area contributed by atoms with Gasteiger partial charge in [0.2, 0.25) is 5.91 Å². The van der Waals surface area contributed by atoms with Gasteiger partial charge in [0.1, 0.15) is 0 Å². The maximum atomic E-state index is 11.8. The summed E-state index contributed by atoms with van der Waals surface area (Å²) in [6.45, 7) is 3.59. The fraction of sp³-hybridized carbons (Fsp3) is 0.900. The van der Waals surface area contributed by atoms with Crippen LogP contribution in [0.3, 0.4) is 0 Å². The standard InChI is InChI=1S/C10H21N3O3S/c1-2-3-4-5-10(14)12-6-8-13(9-7-12)17(11,15)16/h2-9H2,1H3,(H2,11,15,16). The lowest BCUT2D eigenvalue weighted by molar-refractivity contribution is -0.132. The van der Waals surface area contributed by atoms with Gasteiger partial charge in [0, 0.05) is 32.6 Å². The summed E-state index contributed by atoms with van der Waals surface area (Å²) in [5, 5.41) is 5.02. The summed E-state index contributed by atoms with van der Waals surface area (Å²) in [5.41, 5.74) is 0. The Balaban J connectivity index is 2.34. The lowest BCUT2D eigenvalue weighted by Crippen LogP contribution is -2.52. The summed E-state index contributed by atoms with van der Waals surface area (Å²) in [6.07, 6.45) is 3.61. The highest BCUT2D eigenvalue weighted by atomic mass is 32.2. The minimum Gasteiger partial charge on any atom is -0.340 e. The van der Waals surface area contributed by atoms with E-state index in [-0.39, 0.29) is 5.91 Å². The first kappa shape index (κ1) is 14.4. The Morgan fingerprint density at radius 1 is 1.18 bits per heavy atom. The Morgan fingerprint density at radius 3 is 2.24 bits per heavy atom.